The third-order valence-electron chi connectivity index (χ3n) is 6.61. The molecule has 5 heteroatoms. The molecule has 0 spiro atoms. The number of rotatable bonds is 8. The zero-order valence-corrected chi connectivity index (χ0v) is 17.8. The van der Waals surface area contributed by atoms with Crippen LogP contribution >= 0.6 is 0 Å². The Bertz CT molecular complexity index is 652. The van der Waals surface area contributed by atoms with Crippen molar-refractivity contribution >= 4 is 17.9 Å². The highest BCUT2D eigenvalue weighted by Crippen LogP contribution is 2.32. The average Bonchev–Trinajstić information content (AvgIpc) is 3.29. The summed E-state index contributed by atoms with van der Waals surface area (Å²) in [5.41, 5.74) is 0. The molecule has 2 fully saturated rings. The van der Waals surface area contributed by atoms with Crippen LogP contribution < -0.4 is 5.32 Å². The maximum Gasteiger partial charge on any atom is 0.246 e. The molecule has 3 rings (SSSR count). The molecule has 2 heterocycles. The number of hydrogen-bond donors (Lipinski definition) is 1. The Morgan fingerprint density at radius 3 is 2.55 bits per heavy atom. The molecule has 0 aromatic carbocycles. The van der Waals surface area contributed by atoms with Crippen molar-refractivity contribution in [2.75, 3.05) is 19.6 Å². The fourth-order valence-electron chi connectivity index (χ4n) is 4.60. The molecule has 1 aromatic heterocycles. The lowest BCUT2D eigenvalue weighted by Crippen LogP contribution is -2.42. The molecule has 2 amide bonds. The molecule has 5 nitrogen and oxygen atoms in total. The SMILES string of the molecule is CCCCC1CCC(C(=O)NCC2CCN(C(=O)C=Cc3ccco3)CC2)CC1. The van der Waals surface area contributed by atoms with E-state index in [0.717, 1.165) is 51.2 Å². The van der Waals surface area contributed by atoms with E-state index in [0.29, 0.717) is 11.7 Å². The molecule has 1 aliphatic carbocycles. The smallest absolute Gasteiger partial charge is 0.246 e. The molecular weight excluding hydrogens is 364 g/mol. The van der Waals surface area contributed by atoms with E-state index >= 15 is 0 Å². The number of amides is 2. The van der Waals surface area contributed by atoms with Gasteiger partial charge in [-0.25, -0.2) is 0 Å². The zero-order valence-electron chi connectivity index (χ0n) is 17.8. The van der Waals surface area contributed by atoms with E-state index in [1.54, 1.807) is 18.4 Å². The van der Waals surface area contributed by atoms with Crippen molar-refractivity contribution in [2.45, 2.75) is 64.7 Å². The van der Waals surface area contributed by atoms with Gasteiger partial charge in [-0.3, -0.25) is 9.59 Å². The van der Waals surface area contributed by atoms with Gasteiger partial charge >= 0.3 is 0 Å². The van der Waals surface area contributed by atoms with E-state index in [-0.39, 0.29) is 17.7 Å². The van der Waals surface area contributed by atoms with Crippen molar-refractivity contribution in [1.29, 1.82) is 0 Å². The third kappa shape index (κ3) is 6.76. The van der Waals surface area contributed by atoms with Crippen LogP contribution in [0.1, 0.15) is 70.5 Å². The molecule has 1 aliphatic heterocycles. The summed E-state index contributed by atoms with van der Waals surface area (Å²) in [5.74, 6) is 2.49. The van der Waals surface area contributed by atoms with E-state index in [2.05, 4.69) is 12.2 Å². The Morgan fingerprint density at radius 2 is 1.90 bits per heavy atom. The number of carbonyl (C=O) groups excluding carboxylic acids is 2. The molecule has 1 N–H and O–H groups in total. The molecule has 29 heavy (non-hydrogen) atoms. The number of hydrogen-bond acceptors (Lipinski definition) is 3. The van der Waals surface area contributed by atoms with Crippen LogP contribution in [0.25, 0.3) is 6.08 Å². The van der Waals surface area contributed by atoms with Gasteiger partial charge in [0, 0.05) is 31.6 Å². The second-order valence-corrected chi connectivity index (χ2v) is 8.72. The summed E-state index contributed by atoms with van der Waals surface area (Å²) in [6.45, 7) is 4.50. The van der Waals surface area contributed by atoms with Crippen LogP contribution in [-0.2, 0) is 9.59 Å². The van der Waals surface area contributed by atoms with Crippen LogP contribution in [0.15, 0.2) is 28.9 Å². The minimum Gasteiger partial charge on any atom is -0.465 e. The molecule has 1 saturated heterocycles. The first-order valence-electron chi connectivity index (χ1n) is 11.4. The predicted octanol–water partition coefficient (Wildman–Crippen LogP) is 4.64. The standard InChI is InChI=1S/C24H36N2O3/c1-2-3-5-19-7-9-21(10-8-19)24(28)25-18-20-13-15-26(16-14-20)23(27)12-11-22-6-4-17-29-22/h4,6,11-12,17,19-21H,2-3,5,7-10,13-16,18H2,1H3,(H,25,28). The summed E-state index contributed by atoms with van der Waals surface area (Å²) in [6, 6.07) is 3.64. The van der Waals surface area contributed by atoms with Gasteiger partial charge in [-0.05, 0) is 68.6 Å². The first-order valence-corrected chi connectivity index (χ1v) is 11.4. The maximum absolute atomic E-state index is 12.5. The van der Waals surface area contributed by atoms with Crippen LogP contribution in [0.3, 0.4) is 0 Å². The van der Waals surface area contributed by atoms with Gasteiger partial charge < -0.3 is 14.6 Å². The quantitative estimate of drug-likeness (QED) is 0.647. The number of piperidine rings is 1. The molecule has 2 aliphatic rings. The van der Waals surface area contributed by atoms with E-state index in [9.17, 15) is 9.59 Å². The van der Waals surface area contributed by atoms with Gasteiger partial charge in [0.1, 0.15) is 5.76 Å². The Balaban J connectivity index is 1.31. The van der Waals surface area contributed by atoms with Crippen LogP contribution in [0, 0.1) is 17.8 Å². The Kier molecular flexibility index (Phi) is 8.38. The van der Waals surface area contributed by atoms with Gasteiger partial charge in [-0.2, -0.15) is 0 Å². The minimum absolute atomic E-state index is 0.0312. The van der Waals surface area contributed by atoms with Crippen LogP contribution in [0.5, 0.6) is 0 Å². The normalized spacial score (nSPS) is 23.4. The number of nitrogens with zero attached hydrogens (tertiary/aromatic N) is 1. The van der Waals surface area contributed by atoms with Crippen LogP contribution in [0.4, 0.5) is 0 Å². The molecule has 0 atom stereocenters. The summed E-state index contributed by atoms with van der Waals surface area (Å²) in [7, 11) is 0. The maximum atomic E-state index is 12.5. The number of carbonyl (C=O) groups is 2. The van der Waals surface area contributed by atoms with Crippen LogP contribution in [-0.4, -0.2) is 36.3 Å². The number of nitrogens with one attached hydrogen (secondary N) is 1. The molecule has 1 aromatic rings. The van der Waals surface area contributed by atoms with Gasteiger partial charge in [0.25, 0.3) is 0 Å². The lowest BCUT2D eigenvalue weighted by Gasteiger charge is -2.32. The molecular formula is C24H36N2O3. The highest BCUT2D eigenvalue weighted by atomic mass is 16.3. The fraction of sp³-hybridized carbons (Fsp3) is 0.667. The van der Waals surface area contributed by atoms with Gasteiger partial charge in [0.05, 0.1) is 6.26 Å². The Morgan fingerprint density at radius 1 is 1.14 bits per heavy atom. The molecule has 0 unspecified atom stereocenters. The van der Waals surface area contributed by atoms with E-state index in [1.807, 2.05) is 17.0 Å². The Labute approximate surface area is 174 Å². The average molecular weight is 401 g/mol. The van der Waals surface area contributed by atoms with Gasteiger partial charge in [0.2, 0.25) is 11.8 Å². The summed E-state index contributed by atoms with van der Waals surface area (Å²) in [6.07, 6.45) is 15.2. The van der Waals surface area contributed by atoms with Gasteiger partial charge in [0.15, 0.2) is 0 Å². The van der Waals surface area contributed by atoms with Gasteiger partial charge in [-0.1, -0.05) is 26.2 Å². The van der Waals surface area contributed by atoms with Crippen molar-refractivity contribution in [3.63, 3.8) is 0 Å². The minimum atomic E-state index is 0.0312. The monoisotopic (exact) mass is 400 g/mol. The van der Waals surface area contributed by atoms with Crippen molar-refractivity contribution in [3.05, 3.63) is 30.2 Å². The molecule has 160 valence electrons. The number of furan rings is 1. The summed E-state index contributed by atoms with van der Waals surface area (Å²) >= 11 is 0. The van der Waals surface area contributed by atoms with Crippen molar-refractivity contribution in [1.82, 2.24) is 10.2 Å². The highest BCUT2D eigenvalue weighted by Gasteiger charge is 2.27. The highest BCUT2D eigenvalue weighted by molar-refractivity contribution is 5.91. The van der Waals surface area contributed by atoms with Gasteiger partial charge in [-0.15, -0.1) is 0 Å². The summed E-state index contributed by atoms with van der Waals surface area (Å²) < 4.78 is 5.22. The van der Waals surface area contributed by atoms with E-state index in [1.165, 1.54) is 32.1 Å². The number of unbranched alkanes of at least 4 members (excludes halogenated alkanes) is 1. The topological polar surface area (TPSA) is 62.6 Å². The van der Waals surface area contributed by atoms with Crippen molar-refractivity contribution < 1.29 is 14.0 Å². The number of likely N-dealkylation sites (tertiary alicyclic amines) is 1. The fourth-order valence-corrected chi connectivity index (χ4v) is 4.60. The predicted molar refractivity (Wildman–Crippen MR) is 115 cm³/mol. The molecule has 0 radical (unpaired) electrons. The van der Waals surface area contributed by atoms with E-state index in [4.69, 9.17) is 4.42 Å². The van der Waals surface area contributed by atoms with Crippen molar-refractivity contribution in [3.8, 4) is 0 Å². The second-order valence-electron chi connectivity index (χ2n) is 8.72. The first-order chi connectivity index (χ1) is 14.2. The summed E-state index contributed by atoms with van der Waals surface area (Å²) in [5, 5.41) is 3.20. The Hall–Kier alpha value is -2.04. The lowest BCUT2D eigenvalue weighted by atomic mass is 9.79. The largest absolute Gasteiger partial charge is 0.465 e. The molecule has 1 saturated carbocycles. The van der Waals surface area contributed by atoms with Crippen LogP contribution in [0.2, 0.25) is 0 Å². The second kappa shape index (κ2) is 11.2. The first kappa shape index (κ1) is 21.7. The van der Waals surface area contributed by atoms with E-state index < -0.39 is 0 Å². The summed E-state index contributed by atoms with van der Waals surface area (Å²) in [4.78, 5) is 26.7. The zero-order chi connectivity index (χ0) is 20.5. The third-order valence-corrected chi connectivity index (χ3v) is 6.61. The van der Waals surface area contributed by atoms with Crippen molar-refractivity contribution in [2.24, 2.45) is 17.8 Å². The molecule has 0 bridgehead atoms. The lowest BCUT2D eigenvalue weighted by molar-refractivity contribution is -0.128.